The van der Waals surface area contributed by atoms with E-state index in [1.165, 1.54) is 4.80 Å². The molecule has 3 aromatic heterocycles. The van der Waals surface area contributed by atoms with E-state index in [-0.39, 0.29) is 11.7 Å². The van der Waals surface area contributed by atoms with Crippen molar-refractivity contribution in [2.24, 2.45) is 12.0 Å². The minimum atomic E-state index is 0.0282. The van der Waals surface area contributed by atoms with Crippen molar-refractivity contribution in [1.82, 2.24) is 30.2 Å². The van der Waals surface area contributed by atoms with Gasteiger partial charge < -0.3 is 19.8 Å². The Morgan fingerprint density at radius 3 is 2.75 bits per heavy atom. The molecule has 0 saturated carbocycles. The molecule has 6 rings (SSSR count). The van der Waals surface area contributed by atoms with Gasteiger partial charge in [0.05, 0.1) is 54.6 Å². The number of ether oxygens (including phenoxy) is 1. The Hall–Kier alpha value is -5.18. The van der Waals surface area contributed by atoms with E-state index in [4.69, 9.17) is 21.3 Å². The largest absolute Gasteiger partial charge is 0.494 e. The van der Waals surface area contributed by atoms with Crippen LogP contribution in [0.2, 0.25) is 0 Å². The minimum Gasteiger partial charge on any atom is -0.494 e. The monoisotopic (exact) mass is 534 g/mol. The second-order valence-electron chi connectivity index (χ2n) is 9.68. The number of amides is 1. The van der Waals surface area contributed by atoms with Crippen molar-refractivity contribution < 1.29 is 9.53 Å². The summed E-state index contributed by atoms with van der Waals surface area (Å²) in [5, 5.41) is 15.9. The number of carbonyl (C=O) groups excluding carboxylic acids is 1. The van der Waals surface area contributed by atoms with Crippen LogP contribution in [0.4, 0.5) is 28.6 Å². The van der Waals surface area contributed by atoms with E-state index in [9.17, 15) is 4.79 Å². The van der Waals surface area contributed by atoms with Crippen LogP contribution in [0.5, 0.6) is 5.75 Å². The molecule has 2 aliphatic heterocycles. The molecule has 200 valence electrons. The second-order valence-corrected chi connectivity index (χ2v) is 9.68. The SMILES string of the molecule is [C-]#[N+]c1nc(Cc2cc(Nc3cccc(-c4nnn(C)n4)c3OC)c3c(n2)CC(C)=N3)ccc1N1CCCC1=O. The van der Waals surface area contributed by atoms with Crippen LogP contribution in [0, 0.1) is 6.57 Å². The number of benzene rings is 1. The average molecular weight is 535 g/mol. The number of carbonyl (C=O) groups is 1. The Balaban J connectivity index is 1.34. The number of nitrogens with zero attached hydrogens (tertiary/aromatic N) is 9. The van der Waals surface area contributed by atoms with Gasteiger partial charge in [-0.3, -0.25) is 14.8 Å². The lowest BCUT2D eigenvalue weighted by Crippen LogP contribution is -2.24. The Morgan fingerprint density at radius 2 is 2.02 bits per heavy atom. The highest BCUT2D eigenvalue weighted by atomic mass is 16.5. The summed E-state index contributed by atoms with van der Waals surface area (Å²) < 4.78 is 5.77. The van der Waals surface area contributed by atoms with Gasteiger partial charge in [0.15, 0.2) is 5.75 Å². The van der Waals surface area contributed by atoms with Gasteiger partial charge in [0.25, 0.3) is 5.82 Å². The molecule has 12 nitrogen and oxygen atoms in total. The second kappa shape index (κ2) is 10.2. The summed E-state index contributed by atoms with van der Waals surface area (Å²) in [5.74, 6) is 1.29. The van der Waals surface area contributed by atoms with Crippen molar-refractivity contribution in [2.45, 2.75) is 32.6 Å². The summed E-state index contributed by atoms with van der Waals surface area (Å²) in [4.78, 5) is 33.1. The molecule has 1 N–H and O–H groups in total. The fourth-order valence-electron chi connectivity index (χ4n) is 5.08. The molecule has 1 aromatic carbocycles. The van der Waals surface area contributed by atoms with Crippen LogP contribution in [-0.2, 0) is 24.7 Å². The molecule has 0 atom stereocenters. The van der Waals surface area contributed by atoms with Crippen molar-refractivity contribution in [3.63, 3.8) is 0 Å². The zero-order chi connectivity index (χ0) is 27.8. The van der Waals surface area contributed by atoms with Gasteiger partial charge in [0.1, 0.15) is 11.4 Å². The quantitative estimate of drug-likeness (QED) is 0.347. The maximum Gasteiger partial charge on any atom is 0.293 e. The maximum absolute atomic E-state index is 12.2. The van der Waals surface area contributed by atoms with Gasteiger partial charge in [0, 0.05) is 25.1 Å². The number of fused-ring (bicyclic) bond motifs is 1. The smallest absolute Gasteiger partial charge is 0.293 e. The molecule has 0 aliphatic carbocycles. The van der Waals surface area contributed by atoms with Crippen LogP contribution in [-0.4, -0.2) is 55.4 Å². The number of anilines is 3. The van der Waals surface area contributed by atoms with Crippen molar-refractivity contribution >= 4 is 40.2 Å². The molecule has 2 aliphatic rings. The molecule has 0 bridgehead atoms. The van der Waals surface area contributed by atoms with Gasteiger partial charge in [-0.05, 0) is 48.9 Å². The van der Waals surface area contributed by atoms with Crippen LogP contribution in [0.1, 0.15) is 36.8 Å². The van der Waals surface area contributed by atoms with Crippen LogP contribution in [0.15, 0.2) is 41.4 Å². The summed E-state index contributed by atoms with van der Waals surface area (Å²) in [6, 6.07) is 11.3. The summed E-state index contributed by atoms with van der Waals surface area (Å²) in [6.07, 6.45) is 2.35. The zero-order valence-corrected chi connectivity index (χ0v) is 22.3. The number of hydrogen-bond acceptors (Lipinski definition) is 9. The summed E-state index contributed by atoms with van der Waals surface area (Å²) >= 11 is 0. The van der Waals surface area contributed by atoms with E-state index in [1.54, 1.807) is 19.1 Å². The van der Waals surface area contributed by atoms with Gasteiger partial charge in [-0.15, -0.1) is 15.2 Å². The number of para-hydroxylation sites is 1. The average Bonchev–Trinajstić information content (AvgIpc) is 3.67. The first-order chi connectivity index (χ1) is 19.4. The highest BCUT2D eigenvalue weighted by molar-refractivity contribution is 5.98. The topological polar surface area (TPSA) is 128 Å². The van der Waals surface area contributed by atoms with Crippen molar-refractivity contribution in [1.29, 1.82) is 0 Å². The number of rotatable bonds is 7. The number of nitrogens with one attached hydrogen (secondary N) is 1. The lowest BCUT2D eigenvalue weighted by atomic mass is 10.1. The number of aliphatic imine (C=N–C) groups is 1. The minimum absolute atomic E-state index is 0.0282. The molecular weight excluding hydrogens is 508 g/mol. The van der Waals surface area contributed by atoms with E-state index in [2.05, 4.69) is 30.6 Å². The summed E-state index contributed by atoms with van der Waals surface area (Å²) in [5.41, 5.74) is 6.88. The number of aromatic nitrogens is 6. The van der Waals surface area contributed by atoms with Gasteiger partial charge in [-0.2, -0.15) is 4.80 Å². The first-order valence-electron chi connectivity index (χ1n) is 12.9. The Morgan fingerprint density at radius 1 is 1.15 bits per heavy atom. The third-order valence-electron chi connectivity index (χ3n) is 6.83. The van der Waals surface area contributed by atoms with Gasteiger partial charge in [-0.1, -0.05) is 12.6 Å². The zero-order valence-electron chi connectivity index (χ0n) is 22.3. The molecule has 1 saturated heterocycles. The number of hydrogen-bond donors (Lipinski definition) is 1. The van der Waals surface area contributed by atoms with E-state index in [0.717, 1.165) is 40.6 Å². The Labute approximate surface area is 230 Å². The molecule has 1 fully saturated rings. The molecule has 5 heterocycles. The number of pyridine rings is 2. The highest BCUT2D eigenvalue weighted by Gasteiger charge is 2.26. The van der Waals surface area contributed by atoms with Gasteiger partial charge in [-0.25, -0.2) is 0 Å². The molecule has 40 heavy (non-hydrogen) atoms. The van der Waals surface area contributed by atoms with Crippen molar-refractivity contribution in [2.75, 3.05) is 23.9 Å². The lowest BCUT2D eigenvalue weighted by molar-refractivity contribution is -0.117. The van der Waals surface area contributed by atoms with Crippen LogP contribution < -0.4 is 15.0 Å². The third-order valence-corrected chi connectivity index (χ3v) is 6.83. The van der Waals surface area contributed by atoms with E-state index >= 15 is 0 Å². The third kappa shape index (κ3) is 4.62. The van der Waals surface area contributed by atoms with E-state index < -0.39 is 0 Å². The number of tetrazole rings is 1. The highest BCUT2D eigenvalue weighted by Crippen LogP contribution is 2.41. The molecule has 0 radical (unpaired) electrons. The van der Waals surface area contributed by atoms with Crippen molar-refractivity contribution in [3.05, 3.63) is 64.9 Å². The van der Waals surface area contributed by atoms with Crippen LogP contribution in [0.3, 0.4) is 0 Å². The molecule has 4 aromatic rings. The fraction of sp³-hybridized carbons (Fsp3) is 0.286. The first-order valence-corrected chi connectivity index (χ1v) is 12.9. The Kier molecular flexibility index (Phi) is 6.39. The lowest BCUT2D eigenvalue weighted by Gasteiger charge is -2.17. The van der Waals surface area contributed by atoms with Crippen molar-refractivity contribution in [3.8, 4) is 17.1 Å². The maximum atomic E-state index is 12.2. The van der Waals surface area contributed by atoms with Crippen LogP contribution in [0.25, 0.3) is 16.2 Å². The standard InChI is InChI=1S/C28H26N10O2/c1-16-13-21-25(30-16)22(33-20-8-5-7-19(26(20)40-4)27-34-36-37(3)35-27)15-18(31-21)14-17-10-11-23(28(29-2)32-17)38-12-6-9-24(38)39/h5,7-8,10-11,15H,6,9,12-14H2,1,3-4H3,(H,31,33). The Bertz CT molecular complexity index is 1720. The van der Waals surface area contributed by atoms with Gasteiger partial charge >= 0.3 is 0 Å². The predicted molar refractivity (Wildman–Crippen MR) is 150 cm³/mol. The van der Waals surface area contributed by atoms with Crippen LogP contribution >= 0.6 is 0 Å². The molecule has 12 heteroatoms. The summed E-state index contributed by atoms with van der Waals surface area (Å²) in [7, 11) is 3.31. The van der Waals surface area contributed by atoms with E-state index in [1.807, 2.05) is 43.3 Å². The molecule has 0 spiro atoms. The van der Waals surface area contributed by atoms with E-state index in [0.29, 0.717) is 54.3 Å². The normalized spacial score (nSPS) is 14.2. The molecule has 0 unspecified atom stereocenters. The number of methoxy groups -OCH3 is 1. The first kappa shape index (κ1) is 25.1. The predicted octanol–water partition coefficient (Wildman–Crippen LogP) is 4.34. The number of aryl methyl sites for hydroxylation is 1. The molecular formula is C28H26N10O2. The molecule has 1 amide bonds. The van der Waals surface area contributed by atoms with Gasteiger partial charge in [0.2, 0.25) is 11.7 Å². The fourth-order valence-corrected chi connectivity index (χ4v) is 5.08. The summed E-state index contributed by atoms with van der Waals surface area (Å²) in [6.45, 7) is 10.2.